The lowest BCUT2D eigenvalue weighted by atomic mass is 10.1. The molecule has 0 saturated heterocycles. The standard InChI is InChI=1S/C21H28N2O5S/c1-4-27-20-14-13-18(15-19(20)22-21(24)28-5-2)29(25,26)23-16(3)11-12-17-9-7-6-8-10-17/h6-10,13-16,23H,4-5,11-12H2,1-3H3,(H,22,24)/t16-/m1/s1. The quantitative estimate of drug-likeness (QED) is 0.607. The molecule has 8 heteroatoms. The van der Waals surface area contributed by atoms with Gasteiger partial charge >= 0.3 is 6.09 Å². The molecule has 0 saturated carbocycles. The Labute approximate surface area is 172 Å². The van der Waals surface area contributed by atoms with Crippen LogP contribution in [0.1, 0.15) is 32.8 Å². The summed E-state index contributed by atoms with van der Waals surface area (Å²) < 4.78 is 38.6. The van der Waals surface area contributed by atoms with Crippen LogP contribution in [-0.4, -0.2) is 33.8 Å². The van der Waals surface area contributed by atoms with E-state index in [9.17, 15) is 13.2 Å². The molecule has 0 bridgehead atoms. The molecule has 1 atom stereocenters. The average Bonchev–Trinajstić information content (AvgIpc) is 2.68. The van der Waals surface area contributed by atoms with Crippen molar-refractivity contribution in [2.45, 2.75) is 44.6 Å². The highest BCUT2D eigenvalue weighted by Gasteiger charge is 2.20. The fourth-order valence-electron chi connectivity index (χ4n) is 2.75. The van der Waals surface area contributed by atoms with Crippen molar-refractivity contribution in [1.29, 1.82) is 0 Å². The van der Waals surface area contributed by atoms with Crippen molar-refractivity contribution in [3.8, 4) is 5.75 Å². The third kappa shape index (κ3) is 7.07. The van der Waals surface area contributed by atoms with Crippen LogP contribution in [0.15, 0.2) is 53.4 Å². The predicted octanol–water partition coefficient (Wildman–Crippen LogP) is 3.95. The van der Waals surface area contributed by atoms with E-state index >= 15 is 0 Å². The van der Waals surface area contributed by atoms with Gasteiger partial charge in [0.1, 0.15) is 5.75 Å². The minimum absolute atomic E-state index is 0.0410. The van der Waals surface area contributed by atoms with Crippen LogP contribution in [0.3, 0.4) is 0 Å². The van der Waals surface area contributed by atoms with Gasteiger partial charge in [0.2, 0.25) is 10.0 Å². The zero-order valence-corrected chi connectivity index (χ0v) is 17.8. The van der Waals surface area contributed by atoms with Crippen molar-refractivity contribution in [3.63, 3.8) is 0 Å². The van der Waals surface area contributed by atoms with Crippen molar-refractivity contribution >= 4 is 21.8 Å². The van der Waals surface area contributed by atoms with Gasteiger partial charge in [0.05, 0.1) is 23.8 Å². The average molecular weight is 421 g/mol. The molecule has 2 rings (SSSR count). The van der Waals surface area contributed by atoms with Crippen LogP contribution in [0.4, 0.5) is 10.5 Å². The molecule has 2 aromatic rings. The van der Waals surface area contributed by atoms with E-state index in [4.69, 9.17) is 9.47 Å². The first kappa shape index (κ1) is 22.7. The summed E-state index contributed by atoms with van der Waals surface area (Å²) in [5.41, 5.74) is 1.39. The van der Waals surface area contributed by atoms with Gasteiger partial charge in [0.25, 0.3) is 0 Å². The third-order valence-electron chi connectivity index (χ3n) is 4.14. The van der Waals surface area contributed by atoms with Crippen molar-refractivity contribution in [2.75, 3.05) is 18.5 Å². The predicted molar refractivity (Wildman–Crippen MR) is 113 cm³/mol. The minimum Gasteiger partial charge on any atom is -0.492 e. The summed E-state index contributed by atoms with van der Waals surface area (Å²) in [6.45, 7) is 5.89. The molecule has 0 unspecified atom stereocenters. The summed E-state index contributed by atoms with van der Waals surface area (Å²) in [7, 11) is -3.76. The normalized spacial score (nSPS) is 12.2. The minimum atomic E-state index is -3.76. The van der Waals surface area contributed by atoms with Gasteiger partial charge in [-0.05, 0) is 57.4 Å². The fraction of sp³-hybridized carbons (Fsp3) is 0.381. The molecule has 158 valence electrons. The summed E-state index contributed by atoms with van der Waals surface area (Å²) >= 11 is 0. The fourth-order valence-corrected chi connectivity index (χ4v) is 4.06. The van der Waals surface area contributed by atoms with E-state index in [1.807, 2.05) is 37.3 Å². The lowest BCUT2D eigenvalue weighted by molar-refractivity contribution is 0.167. The van der Waals surface area contributed by atoms with Gasteiger partial charge in [-0.2, -0.15) is 0 Å². The summed E-state index contributed by atoms with van der Waals surface area (Å²) in [5, 5.41) is 2.53. The molecule has 29 heavy (non-hydrogen) atoms. The van der Waals surface area contributed by atoms with Gasteiger partial charge in [0, 0.05) is 6.04 Å². The maximum absolute atomic E-state index is 12.8. The molecule has 0 aliphatic heterocycles. The Kier molecular flexibility index (Phi) is 8.48. The molecule has 0 aliphatic carbocycles. The molecule has 1 amide bonds. The number of carbonyl (C=O) groups is 1. The molecule has 0 aromatic heterocycles. The number of aryl methyl sites for hydroxylation is 1. The molecule has 7 nitrogen and oxygen atoms in total. The Morgan fingerprint density at radius 2 is 1.79 bits per heavy atom. The van der Waals surface area contributed by atoms with Crippen molar-refractivity contribution < 1.29 is 22.7 Å². The highest BCUT2D eigenvalue weighted by molar-refractivity contribution is 7.89. The Balaban J connectivity index is 2.12. The second-order valence-electron chi connectivity index (χ2n) is 6.48. The molecule has 2 aromatic carbocycles. The second kappa shape index (κ2) is 10.8. The van der Waals surface area contributed by atoms with Crippen LogP contribution in [0, 0.1) is 0 Å². The van der Waals surface area contributed by atoms with Gasteiger partial charge in [-0.3, -0.25) is 5.32 Å². The van der Waals surface area contributed by atoms with Crippen molar-refractivity contribution in [1.82, 2.24) is 4.72 Å². The van der Waals surface area contributed by atoms with Gasteiger partial charge in [-0.1, -0.05) is 30.3 Å². The molecule has 0 heterocycles. The van der Waals surface area contributed by atoms with E-state index in [1.54, 1.807) is 13.8 Å². The Bertz CT molecular complexity index is 901. The lowest BCUT2D eigenvalue weighted by Gasteiger charge is -2.16. The molecular formula is C21H28N2O5S. The number of nitrogens with one attached hydrogen (secondary N) is 2. The molecule has 0 radical (unpaired) electrons. The van der Waals surface area contributed by atoms with E-state index in [1.165, 1.54) is 18.2 Å². The maximum atomic E-state index is 12.8. The van der Waals surface area contributed by atoms with Crippen LogP contribution in [-0.2, 0) is 21.2 Å². The topological polar surface area (TPSA) is 93.7 Å². The number of sulfonamides is 1. The SMILES string of the molecule is CCOC(=O)Nc1cc(S(=O)(=O)N[C@H](C)CCc2ccccc2)ccc1OCC. The zero-order chi connectivity index (χ0) is 21.3. The van der Waals surface area contributed by atoms with Crippen LogP contribution >= 0.6 is 0 Å². The number of rotatable bonds is 10. The van der Waals surface area contributed by atoms with E-state index in [-0.39, 0.29) is 23.2 Å². The first-order chi connectivity index (χ1) is 13.9. The number of anilines is 1. The van der Waals surface area contributed by atoms with Crippen LogP contribution in [0.25, 0.3) is 0 Å². The summed E-state index contributed by atoms with van der Waals surface area (Å²) in [5.74, 6) is 0.372. The van der Waals surface area contributed by atoms with Gasteiger partial charge in [-0.25, -0.2) is 17.9 Å². The first-order valence-corrected chi connectivity index (χ1v) is 11.1. The van der Waals surface area contributed by atoms with E-state index in [0.717, 1.165) is 12.0 Å². The van der Waals surface area contributed by atoms with Crippen molar-refractivity contribution in [2.24, 2.45) is 0 Å². The summed E-state index contributed by atoms with van der Waals surface area (Å²) in [6, 6.07) is 14.0. The van der Waals surface area contributed by atoms with Gasteiger partial charge < -0.3 is 9.47 Å². The number of amides is 1. The monoisotopic (exact) mass is 420 g/mol. The maximum Gasteiger partial charge on any atom is 0.411 e. The smallest absolute Gasteiger partial charge is 0.411 e. The molecule has 0 aliphatic rings. The highest BCUT2D eigenvalue weighted by Crippen LogP contribution is 2.28. The van der Waals surface area contributed by atoms with E-state index < -0.39 is 16.1 Å². The number of ether oxygens (including phenoxy) is 2. The van der Waals surface area contributed by atoms with Gasteiger partial charge in [-0.15, -0.1) is 0 Å². The first-order valence-electron chi connectivity index (χ1n) is 9.62. The van der Waals surface area contributed by atoms with Crippen LogP contribution < -0.4 is 14.8 Å². The zero-order valence-electron chi connectivity index (χ0n) is 17.0. The molecular weight excluding hydrogens is 392 g/mol. The molecule has 2 N–H and O–H groups in total. The van der Waals surface area contributed by atoms with Gasteiger partial charge in [0.15, 0.2) is 0 Å². The Morgan fingerprint density at radius 1 is 1.07 bits per heavy atom. The highest BCUT2D eigenvalue weighted by atomic mass is 32.2. The Hall–Kier alpha value is -2.58. The largest absolute Gasteiger partial charge is 0.492 e. The van der Waals surface area contributed by atoms with Crippen LogP contribution in [0.2, 0.25) is 0 Å². The molecule has 0 fully saturated rings. The summed E-state index contributed by atoms with van der Waals surface area (Å²) in [4.78, 5) is 11.8. The second-order valence-corrected chi connectivity index (χ2v) is 8.20. The van der Waals surface area contributed by atoms with Crippen LogP contribution in [0.5, 0.6) is 5.75 Å². The Morgan fingerprint density at radius 3 is 2.45 bits per heavy atom. The van der Waals surface area contributed by atoms with E-state index in [2.05, 4.69) is 10.0 Å². The lowest BCUT2D eigenvalue weighted by Crippen LogP contribution is -2.33. The molecule has 0 spiro atoms. The number of carbonyl (C=O) groups excluding carboxylic acids is 1. The third-order valence-corrected chi connectivity index (χ3v) is 5.73. The van der Waals surface area contributed by atoms with E-state index in [0.29, 0.717) is 18.8 Å². The number of hydrogen-bond acceptors (Lipinski definition) is 5. The number of hydrogen-bond donors (Lipinski definition) is 2. The van der Waals surface area contributed by atoms with Crippen molar-refractivity contribution in [3.05, 3.63) is 54.1 Å². The summed E-state index contributed by atoms with van der Waals surface area (Å²) in [6.07, 6.45) is 0.754. The number of benzene rings is 2.